The number of thioether (sulfide) groups is 1. The second-order valence-electron chi connectivity index (χ2n) is 9.73. The van der Waals surface area contributed by atoms with Crippen molar-refractivity contribution < 1.29 is 9.47 Å². The summed E-state index contributed by atoms with van der Waals surface area (Å²) >= 11 is 3.34. The standard InChI is InChI=1S/C29H35N5O2S2/c1-37-28-24(20-30)26(21-7-3-2-4-8-21)27(38-28)25-11-12-31-29(33-25)32-22-9-5-10-23(19-22)36-16-6-13-34-14-17-35-18-15-34/h5,9-12,19,21H,2-4,6-8,13-18H2,1H3,(H,31,32,33). The molecule has 2 fully saturated rings. The Labute approximate surface area is 233 Å². The largest absolute Gasteiger partial charge is 0.493 e. The van der Waals surface area contributed by atoms with E-state index in [9.17, 15) is 5.26 Å². The first-order chi connectivity index (χ1) is 18.7. The fourth-order valence-corrected chi connectivity index (χ4v) is 7.27. The van der Waals surface area contributed by atoms with Gasteiger partial charge in [0, 0.05) is 37.6 Å². The fourth-order valence-electron chi connectivity index (χ4n) is 5.28. The number of hydrogen-bond donors (Lipinski definition) is 1. The minimum Gasteiger partial charge on any atom is -0.493 e. The molecular weight excluding hydrogens is 514 g/mol. The molecule has 1 saturated heterocycles. The van der Waals surface area contributed by atoms with Crippen molar-refractivity contribution in [2.45, 2.75) is 48.7 Å². The number of rotatable bonds is 10. The molecule has 5 rings (SSSR count). The molecular formula is C29H35N5O2S2. The first-order valence-corrected chi connectivity index (χ1v) is 15.5. The van der Waals surface area contributed by atoms with E-state index in [2.05, 4.69) is 21.3 Å². The Morgan fingerprint density at radius 3 is 2.84 bits per heavy atom. The van der Waals surface area contributed by atoms with Crippen molar-refractivity contribution in [3.63, 3.8) is 0 Å². The van der Waals surface area contributed by atoms with Crippen molar-refractivity contribution in [1.29, 1.82) is 5.26 Å². The quantitative estimate of drug-likeness (QED) is 0.221. The van der Waals surface area contributed by atoms with Gasteiger partial charge in [0.1, 0.15) is 11.8 Å². The number of ether oxygens (including phenoxy) is 2. The third-order valence-corrected chi connectivity index (χ3v) is 9.54. The van der Waals surface area contributed by atoms with Gasteiger partial charge < -0.3 is 14.8 Å². The molecule has 3 heterocycles. The van der Waals surface area contributed by atoms with Gasteiger partial charge in [-0.1, -0.05) is 25.3 Å². The summed E-state index contributed by atoms with van der Waals surface area (Å²) in [4.78, 5) is 12.9. The molecule has 0 atom stereocenters. The number of benzene rings is 1. The summed E-state index contributed by atoms with van der Waals surface area (Å²) in [6.07, 6.45) is 10.8. The van der Waals surface area contributed by atoms with E-state index < -0.39 is 0 Å². The lowest BCUT2D eigenvalue weighted by Gasteiger charge is -2.26. The molecule has 200 valence electrons. The van der Waals surface area contributed by atoms with Crippen molar-refractivity contribution in [2.75, 3.05) is 51.0 Å². The Hall–Kier alpha value is -2.64. The first-order valence-electron chi connectivity index (χ1n) is 13.5. The number of thiophene rings is 1. The van der Waals surface area contributed by atoms with Gasteiger partial charge in [0.2, 0.25) is 5.95 Å². The summed E-state index contributed by atoms with van der Waals surface area (Å²) in [7, 11) is 0. The summed E-state index contributed by atoms with van der Waals surface area (Å²) in [6, 6.07) is 12.4. The second kappa shape index (κ2) is 13.4. The Balaban J connectivity index is 1.28. The first kappa shape index (κ1) is 26.9. The van der Waals surface area contributed by atoms with Gasteiger partial charge in [-0.3, -0.25) is 4.90 Å². The molecule has 38 heavy (non-hydrogen) atoms. The van der Waals surface area contributed by atoms with Crippen LogP contribution in [0.5, 0.6) is 5.75 Å². The van der Waals surface area contributed by atoms with Crippen LogP contribution in [0.25, 0.3) is 10.6 Å². The SMILES string of the molecule is CSc1sc(-c2ccnc(Nc3cccc(OCCCN4CCOCC4)c3)n2)c(C2CCCCC2)c1C#N. The van der Waals surface area contributed by atoms with Crippen molar-refractivity contribution in [1.82, 2.24) is 14.9 Å². The predicted octanol–water partition coefficient (Wildman–Crippen LogP) is 6.69. The molecule has 0 unspecified atom stereocenters. The van der Waals surface area contributed by atoms with Gasteiger partial charge in [-0.25, -0.2) is 9.97 Å². The predicted molar refractivity (Wildman–Crippen MR) is 155 cm³/mol. The van der Waals surface area contributed by atoms with E-state index >= 15 is 0 Å². The molecule has 1 N–H and O–H groups in total. The van der Waals surface area contributed by atoms with Crippen LogP contribution in [-0.2, 0) is 4.74 Å². The van der Waals surface area contributed by atoms with E-state index in [0.29, 0.717) is 18.5 Å². The lowest BCUT2D eigenvalue weighted by Crippen LogP contribution is -2.37. The maximum Gasteiger partial charge on any atom is 0.227 e. The van der Waals surface area contributed by atoms with Gasteiger partial charge in [0.25, 0.3) is 0 Å². The second-order valence-corrected chi connectivity index (χ2v) is 11.8. The Bertz CT molecular complexity index is 1250. The van der Waals surface area contributed by atoms with Gasteiger partial charge in [0.05, 0.1) is 40.2 Å². The molecule has 0 spiro atoms. The molecule has 1 saturated carbocycles. The van der Waals surface area contributed by atoms with Crippen LogP contribution in [0.1, 0.15) is 55.6 Å². The van der Waals surface area contributed by atoms with Crippen LogP contribution in [0.3, 0.4) is 0 Å². The molecule has 2 aromatic heterocycles. The monoisotopic (exact) mass is 549 g/mol. The van der Waals surface area contributed by atoms with Gasteiger partial charge >= 0.3 is 0 Å². The van der Waals surface area contributed by atoms with E-state index in [-0.39, 0.29) is 0 Å². The summed E-state index contributed by atoms with van der Waals surface area (Å²) < 4.78 is 12.5. The zero-order valence-corrected chi connectivity index (χ0v) is 23.6. The molecule has 9 heteroatoms. The number of nitrogens with one attached hydrogen (secondary N) is 1. The van der Waals surface area contributed by atoms with Crippen molar-refractivity contribution >= 4 is 34.7 Å². The minimum absolute atomic E-state index is 0.425. The average Bonchev–Trinajstić information content (AvgIpc) is 3.36. The van der Waals surface area contributed by atoms with Crippen LogP contribution in [0, 0.1) is 11.3 Å². The normalized spacial score (nSPS) is 16.7. The lowest BCUT2D eigenvalue weighted by molar-refractivity contribution is 0.0358. The number of nitrogens with zero attached hydrogens (tertiary/aromatic N) is 4. The van der Waals surface area contributed by atoms with Crippen LogP contribution >= 0.6 is 23.1 Å². The van der Waals surface area contributed by atoms with Crippen molar-refractivity contribution in [2.24, 2.45) is 0 Å². The van der Waals surface area contributed by atoms with Crippen LogP contribution in [0.4, 0.5) is 11.6 Å². The van der Waals surface area contributed by atoms with Crippen LogP contribution in [-0.4, -0.2) is 60.6 Å². The Kier molecular flexibility index (Phi) is 9.52. The van der Waals surface area contributed by atoms with Gasteiger partial charge in [-0.15, -0.1) is 23.1 Å². The van der Waals surface area contributed by atoms with E-state index in [1.54, 1.807) is 29.3 Å². The highest BCUT2D eigenvalue weighted by molar-refractivity contribution is 8.00. The number of anilines is 2. The average molecular weight is 550 g/mol. The zero-order valence-electron chi connectivity index (χ0n) is 21.9. The maximum absolute atomic E-state index is 10.0. The number of aromatic nitrogens is 2. The maximum atomic E-state index is 10.0. The van der Waals surface area contributed by atoms with Crippen molar-refractivity contribution in [3.8, 4) is 22.4 Å². The summed E-state index contributed by atoms with van der Waals surface area (Å²) in [5, 5.41) is 13.4. The van der Waals surface area contributed by atoms with Crippen LogP contribution in [0.15, 0.2) is 40.7 Å². The van der Waals surface area contributed by atoms with E-state index in [1.807, 2.05) is 36.6 Å². The molecule has 3 aromatic rings. The molecule has 2 aliphatic rings. The summed E-state index contributed by atoms with van der Waals surface area (Å²) in [5.41, 5.74) is 3.80. The van der Waals surface area contributed by atoms with Crippen LogP contribution in [0.2, 0.25) is 0 Å². The highest BCUT2D eigenvalue weighted by Crippen LogP contribution is 2.47. The third kappa shape index (κ3) is 6.67. The smallest absolute Gasteiger partial charge is 0.227 e. The summed E-state index contributed by atoms with van der Waals surface area (Å²) in [5.74, 6) is 1.79. The van der Waals surface area contributed by atoms with Gasteiger partial charge in [-0.05, 0) is 55.2 Å². The molecule has 0 bridgehead atoms. The third-order valence-electron chi connectivity index (χ3n) is 7.19. The number of nitriles is 1. The Morgan fingerprint density at radius 2 is 2.05 bits per heavy atom. The Morgan fingerprint density at radius 1 is 1.21 bits per heavy atom. The zero-order chi connectivity index (χ0) is 26.2. The topological polar surface area (TPSA) is 83.3 Å². The fraction of sp³-hybridized carbons (Fsp3) is 0.483. The van der Waals surface area contributed by atoms with Gasteiger partial charge in [-0.2, -0.15) is 5.26 Å². The molecule has 1 aliphatic heterocycles. The molecule has 1 aliphatic carbocycles. The molecule has 0 radical (unpaired) electrons. The summed E-state index contributed by atoms with van der Waals surface area (Å²) in [6.45, 7) is 5.35. The minimum atomic E-state index is 0.425. The molecule has 1 aromatic carbocycles. The molecule has 7 nitrogen and oxygen atoms in total. The van der Waals surface area contributed by atoms with Crippen molar-refractivity contribution in [3.05, 3.63) is 47.7 Å². The molecule has 0 amide bonds. The highest BCUT2D eigenvalue weighted by Gasteiger charge is 2.27. The van der Waals surface area contributed by atoms with E-state index in [1.165, 1.54) is 24.8 Å². The number of morpholine rings is 1. The van der Waals surface area contributed by atoms with Gasteiger partial charge in [0.15, 0.2) is 0 Å². The van der Waals surface area contributed by atoms with Crippen LogP contribution < -0.4 is 10.1 Å². The highest BCUT2D eigenvalue weighted by atomic mass is 32.2. The number of hydrogen-bond acceptors (Lipinski definition) is 9. The lowest BCUT2D eigenvalue weighted by atomic mass is 9.82. The van der Waals surface area contributed by atoms with E-state index in [4.69, 9.17) is 14.5 Å². The van der Waals surface area contributed by atoms with E-state index in [0.717, 1.165) is 83.9 Å².